The first-order valence-electron chi connectivity index (χ1n) is 3.72. The Morgan fingerprint density at radius 1 is 1.06 bits per heavy atom. The van der Waals surface area contributed by atoms with Crippen molar-refractivity contribution in [2.75, 3.05) is 5.43 Å². The lowest BCUT2D eigenvalue weighted by atomic mass is 10.3. The second-order valence-corrected chi connectivity index (χ2v) is 5.48. The molecule has 1 aromatic carbocycles. The van der Waals surface area contributed by atoms with Crippen LogP contribution in [-0.4, -0.2) is 25.9 Å². The van der Waals surface area contributed by atoms with Gasteiger partial charge in [0.05, 0.1) is 5.69 Å². The largest absolute Gasteiger partial charge is 0.323 e. The van der Waals surface area contributed by atoms with E-state index < -0.39 is 30.0 Å². The van der Waals surface area contributed by atoms with Gasteiger partial charge < -0.3 is 5.43 Å². The summed E-state index contributed by atoms with van der Waals surface area (Å²) in [5.41, 5.74) is 1.55. The van der Waals surface area contributed by atoms with E-state index in [-0.39, 0.29) is 5.69 Å². The van der Waals surface area contributed by atoms with Crippen LogP contribution in [0.4, 0.5) is 5.69 Å². The molecule has 5 N–H and O–H groups in total. The number of nitrogens with two attached hydrogens (primary N) is 1. The summed E-state index contributed by atoms with van der Waals surface area (Å²) in [6, 6.07) is 3.09. The van der Waals surface area contributed by atoms with E-state index in [2.05, 4.69) is 0 Å². The molecule has 0 unspecified atom stereocenters. The number of rotatable bonds is 3. The summed E-state index contributed by atoms with van der Waals surface area (Å²) in [6.45, 7) is 0. The smallest absolute Gasteiger partial charge is 0.298 e. The first-order valence-corrected chi connectivity index (χ1v) is 6.60. The van der Waals surface area contributed by atoms with Crippen molar-refractivity contribution < 1.29 is 25.9 Å². The van der Waals surface area contributed by atoms with Crippen LogP contribution in [0.15, 0.2) is 28.0 Å². The molecule has 0 heterocycles. The molecule has 90 valence electrons. The van der Waals surface area contributed by atoms with Gasteiger partial charge in [-0.15, -0.1) is 0 Å². The van der Waals surface area contributed by atoms with Gasteiger partial charge in [-0.2, -0.15) is 16.8 Å². The zero-order valence-corrected chi connectivity index (χ0v) is 9.29. The Morgan fingerprint density at radius 2 is 1.62 bits per heavy atom. The molecular weight excluding hydrogens is 260 g/mol. The van der Waals surface area contributed by atoms with Gasteiger partial charge in [-0.05, 0) is 12.1 Å². The zero-order chi connectivity index (χ0) is 12.6. The summed E-state index contributed by atoms with van der Waals surface area (Å²) in [5.74, 6) is 4.96. The highest BCUT2D eigenvalue weighted by atomic mass is 32.2. The fourth-order valence-corrected chi connectivity index (χ4v) is 3.05. The SMILES string of the molecule is NNc1cccc(S(=O)(=O)O)c1S(=O)(=O)O. The molecule has 1 aromatic rings. The maximum absolute atomic E-state index is 11.0. The lowest BCUT2D eigenvalue weighted by Gasteiger charge is -2.09. The third-order valence-electron chi connectivity index (χ3n) is 1.67. The van der Waals surface area contributed by atoms with Gasteiger partial charge in [0.2, 0.25) is 0 Å². The van der Waals surface area contributed by atoms with E-state index in [9.17, 15) is 16.8 Å². The number of benzene rings is 1. The molecule has 0 aliphatic heterocycles. The maximum atomic E-state index is 11.0. The molecule has 0 aliphatic rings. The summed E-state index contributed by atoms with van der Waals surface area (Å²) in [7, 11) is -9.62. The average Bonchev–Trinajstić information content (AvgIpc) is 2.13. The van der Waals surface area contributed by atoms with Crippen LogP contribution in [-0.2, 0) is 20.2 Å². The van der Waals surface area contributed by atoms with Crippen LogP contribution in [0, 0.1) is 0 Å². The van der Waals surface area contributed by atoms with Gasteiger partial charge >= 0.3 is 0 Å². The minimum Gasteiger partial charge on any atom is -0.323 e. The molecule has 0 saturated carbocycles. The van der Waals surface area contributed by atoms with Crippen molar-refractivity contribution >= 4 is 25.9 Å². The van der Waals surface area contributed by atoms with Crippen LogP contribution in [0.3, 0.4) is 0 Å². The lowest BCUT2D eigenvalue weighted by molar-refractivity contribution is 0.467. The molecule has 0 amide bonds. The van der Waals surface area contributed by atoms with E-state index in [1.807, 2.05) is 5.43 Å². The standard InChI is InChI=1S/C6H8N2O6S2/c7-8-4-2-1-3-5(15(9,10)11)6(4)16(12,13)14/h1-3,8H,7H2,(H,9,10,11)(H,12,13,14). The van der Waals surface area contributed by atoms with Gasteiger partial charge in [0.15, 0.2) is 0 Å². The Kier molecular flexibility index (Phi) is 3.21. The molecule has 1 rings (SSSR count). The van der Waals surface area contributed by atoms with Crippen molar-refractivity contribution in [3.05, 3.63) is 18.2 Å². The number of nitrogens with one attached hydrogen (secondary N) is 1. The molecule has 0 atom stereocenters. The van der Waals surface area contributed by atoms with E-state index in [0.717, 1.165) is 18.2 Å². The van der Waals surface area contributed by atoms with Crippen molar-refractivity contribution in [1.82, 2.24) is 0 Å². The van der Waals surface area contributed by atoms with Crippen LogP contribution in [0.25, 0.3) is 0 Å². The van der Waals surface area contributed by atoms with E-state index >= 15 is 0 Å². The molecule has 0 saturated heterocycles. The highest BCUT2D eigenvalue weighted by Crippen LogP contribution is 2.27. The Labute approximate surface area is 91.5 Å². The quantitative estimate of drug-likeness (QED) is 0.325. The fourth-order valence-electron chi connectivity index (χ4n) is 1.10. The fraction of sp³-hybridized carbons (Fsp3) is 0. The van der Waals surface area contributed by atoms with Gasteiger partial charge in [-0.25, -0.2) is 0 Å². The van der Waals surface area contributed by atoms with E-state index in [1.165, 1.54) is 0 Å². The van der Waals surface area contributed by atoms with Crippen LogP contribution in [0.1, 0.15) is 0 Å². The molecule has 0 aliphatic carbocycles. The molecule has 0 bridgehead atoms. The second kappa shape index (κ2) is 3.99. The molecule has 10 heteroatoms. The van der Waals surface area contributed by atoms with E-state index in [4.69, 9.17) is 14.9 Å². The normalized spacial score (nSPS) is 12.4. The summed E-state index contributed by atoms with van der Waals surface area (Å²) in [6.07, 6.45) is 0. The maximum Gasteiger partial charge on any atom is 0.298 e. The molecule has 0 spiro atoms. The van der Waals surface area contributed by atoms with E-state index in [0.29, 0.717) is 0 Å². The lowest BCUT2D eigenvalue weighted by Crippen LogP contribution is -2.15. The summed E-state index contributed by atoms with van der Waals surface area (Å²) in [5, 5.41) is 0. The first kappa shape index (κ1) is 12.9. The van der Waals surface area contributed by atoms with Gasteiger partial charge in [-0.1, -0.05) is 6.07 Å². The first-order chi connectivity index (χ1) is 7.18. The predicted octanol–water partition coefficient (Wildman–Crippen LogP) is -0.534. The van der Waals surface area contributed by atoms with Crippen molar-refractivity contribution in [2.24, 2.45) is 5.84 Å². The highest BCUT2D eigenvalue weighted by molar-refractivity contribution is 7.89. The van der Waals surface area contributed by atoms with Gasteiger partial charge in [-0.3, -0.25) is 14.9 Å². The Hall–Kier alpha value is -1.20. The molecule has 0 aromatic heterocycles. The summed E-state index contributed by atoms with van der Waals surface area (Å²) in [4.78, 5) is -1.95. The zero-order valence-electron chi connectivity index (χ0n) is 7.65. The highest BCUT2D eigenvalue weighted by Gasteiger charge is 2.26. The molecule has 8 nitrogen and oxygen atoms in total. The molecule has 16 heavy (non-hydrogen) atoms. The monoisotopic (exact) mass is 268 g/mol. The topological polar surface area (TPSA) is 147 Å². The minimum absolute atomic E-state index is 0.349. The number of anilines is 1. The summed E-state index contributed by atoms with van der Waals surface area (Å²) >= 11 is 0. The van der Waals surface area contributed by atoms with Gasteiger partial charge in [0.25, 0.3) is 20.2 Å². The van der Waals surface area contributed by atoms with Crippen molar-refractivity contribution in [3.63, 3.8) is 0 Å². The Balaban J connectivity index is 3.79. The van der Waals surface area contributed by atoms with Crippen molar-refractivity contribution in [3.8, 4) is 0 Å². The van der Waals surface area contributed by atoms with Crippen molar-refractivity contribution in [2.45, 2.75) is 9.79 Å². The number of nitrogen functional groups attached to an aromatic ring is 1. The third kappa shape index (κ3) is 2.48. The summed E-state index contributed by atoms with van der Waals surface area (Å²) < 4.78 is 61.3. The Morgan fingerprint density at radius 3 is 2.00 bits per heavy atom. The van der Waals surface area contributed by atoms with Crippen molar-refractivity contribution in [1.29, 1.82) is 0 Å². The number of hydrogen-bond donors (Lipinski definition) is 4. The van der Waals surface area contributed by atoms with Gasteiger partial charge in [0.1, 0.15) is 9.79 Å². The third-order valence-corrected chi connectivity index (χ3v) is 3.65. The number of hydrogen-bond acceptors (Lipinski definition) is 6. The minimum atomic E-state index is -4.84. The average molecular weight is 268 g/mol. The molecular formula is C6H8N2O6S2. The molecule has 0 fully saturated rings. The Bertz CT molecular complexity index is 606. The van der Waals surface area contributed by atoms with Crippen LogP contribution in [0.5, 0.6) is 0 Å². The van der Waals surface area contributed by atoms with Crippen LogP contribution in [0.2, 0.25) is 0 Å². The van der Waals surface area contributed by atoms with Gasteiger partial charge in [0, 0.05) is 0 Å². The second-order valence-electron chi connectivity index (χ2n) is 2.73. The predicted molar refractivity (Wildman–Crippen MR) is 53.9 cm³/mol. The van der Waals surface area contributed by atoms with Crippen LogP contribution >= 0.6 is 0 Å². The van der Waals surface area contributed by atoms with Crippen LogP contribution < -0.4 is 11.3 Å². The number of hydrazine groups is 1. The van der Waals surface area contributed by atoms with E-state index in [1.54, 1.807) is 0 Å². The molecule has 0 radical (unpaired) electrons.